The molecular weight excluding hydrogens is 234 g/mol. The van der Waals surface area contributed by atoms with Crippen molar-refractivity contribution in [3.05, 3.63) is 30.1 Å². The summed E-state index contributed by atoms with van der Waals surface area (Å²) in [5.74, 6) is 1.22. The van der Waals surface area contributed by atoms with Crippen molar-refractivity contribution in [1.29, 1.82) is 0 Å². The predicted molar refractivity (Wildman–Crippen MR) is 79.1 cm³/mol. The second-order valence-corrected chi connectivity index (χ2v) is 5.58. The number of hydrogen-bond donors (Lipinski definition) is 0. The number of fused-ring (bicyclic) bond motifs is 1. The van der Waals surface area contributed by atoms with Crippen molar-refractivity contribution < 1.29 is 0 Å². The molecule has 0 bridgehead atoms. The molecule has 1 aliphatic heterocycles. The average molecular weight is 257 g/mol. The molecule has 1 fully saturated rings. The van der Waals surface area contributed by atoms with E-state index in [2.05, 4.69) is 47.6 Å². The Bertz CT molecular complexity index is 558. The molecule has 0 radical (unpaired) electrons. The molecule has 3 rings (SSSR count). The zero-order chi connectivity index (χ0) is 13.2. The molecule has 1 aromatic carbocycles. The normalized spacial score (nSPS) is 21.1. The van der Waals surface area contributed by atoms with Gasteiger partial charge >= 0.3 is 0 Å². The number of rotatable bonds is 3. The molecule has 0 spiro atoms. The molecule has 19 heavy (non-hydrogen) atoms. The summed E-state index contributed by atoms with van der Waals surface area (Å²) >= 11 is 0. The van der Waals surface area contributed by atoms with Gasteiger partial charge in [0.05, 0.1) is 17.6 Å². The van der Waals surface area contributed by atoms with Gasteiger partial charge in [0.25, 0.3) is 0 Å². The Hall–Kier alpha value is -1.35. The van der Waals surface area contributed by atoms with E-state index in [0.717, 1.165) is 18.6 Å². The molecule has 0 amide bonds. The topological polar surface area (TPSA) is 21.1 Å². The zero-order valence-corrected chi connectivity index (χ0v) is 12.0. The highest BCUT2D eigenvalue weighted by Crippen LogP contribution is 2.21. The number of imidazole rings is 1. The van der Waals surface area contributed by atoms with Crippen molar-refractivity contribution in [2.75, 3.05) is 6.54 Å². The van der Waals surface area contributed by atoms with E-state index in [1.165, 1.54) is 37.1 Å². The van der Waals surface area contributed by atoms with E-state index in [4.69, 9.17) is 4.98 Å². The fourth-order valence-electron chi connectivity index (χ4n) is 3.17. The van der Waals surface area contributed by atoms with E-state index < -0.39 is 0 Å². The molecule has 0 aliphatic carbocycles. The van der Waals surface area contributed by atoms with Crippen LogP contribution in [0.25, 0.3) is 11.0 Å². The molecule has 0 unspecified atom stereocenters. The Morgan fingerprint density at radius 3 is 2.89 bits per heavy atom. The lowest BCUT2D eigenvalue weighted by Gasteiger charge is -2.33. The minimum atomic E-state index is 0.693. The fourth-order valence-corrected chi connectivity index (χ4v) is 3.17. The number of hydrogen-bond acceptors (Lipinski definition) is 2. The van der Waals surface area contributed by atoms with E-state index in [-0.39, 0.29) is 0 Å². The van der Waals surface area contributed by atoms with Gasteiger partial charge in [0.15, 0.2) is 0 Å². The van der Waals surface area contributed by atoms with Crippen molar-refractivity contribution in [2.24, 2.45) is 0 Å². The van der Waals surface area contributed by atoms with E-state index in [1.54, 1.807) is 0 Å². The highest BCUT2D eigenvalue weighted by Gasteiger charge is 2.20. The Morgan fingerprint density at radius 1 is 1.26 bits per heavy atom. The van der Waals surface area contributed by atoms with Crippen LogP contribution in [0.1, 0.15) is 38.9 Å². The van der Waals surface area contributed by atoms with Crippen LogP contribution in [0.2, 0.25) is 0 Å². The van der Waals surface area contributed by atoms with Gasteiger partial charge < -0.3 is 4.57 Å². The lowest BCUT2D eigenvalue weighted by molar-refractivity contribution is 0.147. The summed E-state index contributed by atoms with van der Waals surface area (Å²) in [7, 11) is 0. The quantitative estimate of drug-likeness (QED) is 0.840. The molecule has 102 valence electrons. The van der Waals surface area contributed by atoms with Crippen molar-refractivity contribution >= 4 is 11.0 Å². The van der Waals surface area contributed by atoms with Crippen LogP contribution in [0.4, 0.5) is 0 Å². The first-order chi connectivity index (χ1) is 9.29. The Morgan fingerprint density at radius 2 is 2.11 bits per heavy atom. The first-order valence-electron chi connectivity index (χ1n) is 7.47. The average Bonchev–Trinajstić information content (AvgIpc) is 2.78. The summed E-state index contributed by atoms with van der Waals surface area (Å²) < 4.78 is 2.36. The minimum Gasteiger partial charge on any atom is -0.327 e. The van der Waals surface area contributed by atoms with E-state index in [1.807, 2.05) is 0 Å². The van der Waals surface area contributed by atoms with Crippen molar-refractivity contribution in [2.45, 2.75) is 52.2 Å². The Kier molecular flexibility index (Phi) is 3.56. The van der Waals surface area contributed by atoms with Crippen molar-refractivity contribution in [3.8, 4) is 0 Å². The van der Waals surface area contributed by atoms with Gasteiger partial charge in [0, 0.05) is 12.6 Å². The smallest absolute Gasteiger partial charge is 0.124 e. The van der Waals surface area contributed by atoms with Gasteiger partial charge in [-0.3, -0.25) is 4.90 Å². The van der Waals surface area contributed by atoms with Crippen LogP contribution in [0.15, 0.2) is 24.3 Å². The highest BCUT2D eigenvalue weighted by molar-refractivity contribution is 5.75. The molecule has 3 heteroatoms. The summed E-state index contributed by atoms with van der Waals surface area (Å²) in [5, 5.41) is 0. The second-order valence-electron chi connectivity index (χ2n) is 5.58. The number of aromatic nitrogens is 2. The van der Waals surface area contributed by atoms with Gasteiger partial charge in [-0.2, -0.15) is 0 Å². The monoisotopic (exact) mass is 257 g/mol. The maximum Gasteiger partial charge on any atom is 0.124 e. The third kappa shape index (κ3) is 2.39. The van der Waals surface area contributed by atoms with Crippen LogP contribution < -0.4 is 0 Å². The second kappa shape index (κ2) is 5.33. The number of para-hydroxylation sites is 2. The Labute approximate surface area is 115 Å². The zero-order valence-electron chi connectivity index (χ0n) is 12.0. The first-order valence-corrected chi connectivity index (χ1v) is 7.47. The number of aryl methyl sites for hydroxylation is 1. The summed E-state index contributed by atoms with van der Waals surface area (Å²) in [6.45, 7) is 7.76. The fraction of sp³-hybridized carbons (Fsp3) is 0.562. The number of likely N-dealkylation sites (tertiary alicyclic amines) is 1. The lowest BCUT2D eigenvalue weighted by Crippen LogP contribution is -2.37. The molecule has 0 N–H and O–H groups in total. The summed E-state index contributed by atoms with van der Waals surface area (Å²) in [5.41, 5.74) is 2.40. The van der Waals surface area contributed by atoms with Gasteiger partial charge in [-0.05, 0) is 45.4 Å². The van der Waals surface area contributed by atoms with Crippen LogP contribution in [0, 0.1) is 0 Å². The van der Waals surface area contributed by atoms with Crippen molar-refractivity contribution in [1.82, 2.24) is 14.5 Å². The third-order valence-electron chi connectivity index (χ3n) is 4.33. The summed E-state index contributed by atoms with van der Waals surface area (Å²) in [6.07, 6.45) is 4.03. The molecule has 1 aliphatic rings. The van der Waals surface area contributed by atoms with Gasteiger partial charge in [-0.15, -0.1) is 0 Å². The van der Waals surface area contributed by atoms with Gasteiger partial charge in [-0.25, -0.2) is 4.98 Å². The largest absolute Gasteiger partial charge is 0.327 e. The van der Waals surface area contributed by atoms with Crippen LogP contribution in [0.3, 0.4) is 0 Å². The molecule has 1 saturated heterocycles. The molecule has 2 heterocycles. The van der Waals surface area contributed by atoms with Crippen molar-refractivity contribution in [3.63, 3.8) is 0 Å². The predicted octanol–water partition coefficient (Wildman–Crippen LogP) is 3.43. The molecule has 0 saturated carbocycles. The molecule has 1 atom stereocenters. The van der Waals surface area contributed by atoms with Gasteiger partial charge in [0.1, 0.15) is 5.82 Å². The third-order valence-corrected chi connectivity index (χ3v) is 4.33. The lowest BCUT2D eigenvalue weighted by atomic mass is 10.0. The summed E-state index contributed by atoms with van der Waals surface area (Å²) in [4.78, 5) is 7.41. The van der Waals surface area contributed by atoms with E-state index >= 15 is 0 Å². The SMILES string of the molecule is CCn1c(CN2CCCC[C@@H]2C)nc2ccccc21. The van der Waals surface area contributed by atoms with Crippen LogP contribution in [0.5, 0.6) is 0 Å². The van der Waals surface area contributed by atoms with E-state index in [9.17, 15) is 0 Å². The van der Waals surface area contributed by atoms with Gasteiger partial charge in [0.2, 0.25) is 0 Å². The molecular formula is C16H23N3. The van der Waals surface area contributed by atoms with Crippen LogP contribution >= 0.6 is 0 Å². The molecule has 3 nitrogen and oxygen atoms in total. The number of benzene rings is 1. The number of piperidine rings is 1. The highest BCUT2D eigenvalue weighted by atomic mass is 15.2. The standard InChI is InChI=1S/C16H23N3/c1-3-19-15-10-5-4-9-14(15)17-16(19)12-18-11-7-6-8-13(18)2/h4-5,9-10,13H,3,6-8,11-12H2,1-2H3/t13-/m0/s1. The van der Waals surface area contributed by atoms with Crippen LogP contribution in [-0.2, 0) is 13.1 Å². The molecule has 1 aromatic heterocycles. The number of nitrogens with zero attached hydrogens (tertiary/aromatic N) is 3. The Balaban J connectivity index is 1.91. The van der Waals surface area contributed by atoms with Crippen LogP contribution in [-0.4, -0.2) is 27.0 Å². The minimum absolute atomic E-state index is 0.693. The maximum atomic E-state index is 4.83. The molecule has 2 aromatic rings. The summed E-state index contributed by atoms with van der Waals surface area (Å²) in [6, 6.07) is 9.16. The maximum absolute atomic E-state index is 4.83. The van der Waals surface area contributed by atoms with E-state index in [0.29, 0.717) is 6.04 Å². The van der Waals surface area contributed by atoms with Gasteiger partial charge in [-0.1, -0.05) is 18.6 Å². The first kappa shape index (κ1) is 12.7.